The highest BCUT2D eigenvalue weighted by atomic mass is 32.2. The van der Waals surface area contributed by atoms with Crippen LogP contribution >= 0.6 is 0 Å². The Balaban J connectivity index is 1.50. The number of aromatic nitrogens is 4. The van der Waals surface area contributed by atoms with Crippen LogP contribution in [0.15, 0.2) is 59.8 Å². The highest BCUT2D eigenvalue weighted by Crippen LogP contribution is 2.30. The Hall–Kier alpha value is -3.11. The molecule has 0 saturated carbocycles. The van der Waals surface area contributed by atoms with Crippen molar-refractivity contribution in [2.24, 2.45) is 0 Å². The maximum atomic E-state index is 13.1. The number of nitrogens with one attached hydrogen (secondary N) is 1. The lowest BCUT2D eigenvalue weighted by Gasteiger charge is -2.37. The number of nitrogens with zero attached hydrogens (tertiary/aromatic N) is 5. The second-order valence-corrected chi connectivity index (χ2v) is 9.59. The minimum absolute atomic E-state index is 0.0272. The fraction of sp³-hybridized carbons (Fsp3) is 0.333. The Morgan fingerprint density at radius 3 is 2.42 bits per heavy atom. The SMILES string of the molecule is CC1CCCC(C)N1S(=O)(=O)c1ccc(NC(=O)c2cccc(-n3cnnn3)c2)cc1. The summed E-state index contributed by atoms with van der Waals surface area (Å²) in [6, 6.07) is 13.1. The van der Waals surface area contributed by atoms with E-state index in [4.69, 9.17) is 0 Å². The van der Waals surface area contributed by atoms with Gasteiger partial charge in [-0.1, -0.05) is 12.5 Å². The Bertz CT molecular complexity index is 1150. The van der Waals surface area contributed by atoms with Gasteiger partial charge >= 0.3 is 0 Å². The second-order valence-electron chi connectivity index (χ2n) is 7.75. The lowest BCUT2D eigenvalue weighted by Crippen LogP contribution is -2.47. The van der Waals surface area contributed by atoms with Gasteiger partial charge in [-0.2, -0.15) is 4.31 Å². The molecule has 9 nitrogen and oxygen atoms in total. The molecule has 1 N–H and O–H groups in total. The number of amides is 1. The molecule has 2 atom stereocenters. The smallest absolute Gasteiger partial charge is 0.255 e. The Kier molecular flexibility index (Phi) is 5.84. The maximum Gasteiger partial charge on any atom is 0.255 e. The molecule has 1 amide bonds. The summed E-state index contributed by atoms with van der Waals surface area (Å²) in [6.45, 7) is 3.90. The van der Waals surface area contributed by atoms with Crippen LogP contribution < -0.4 is 5.32 Å². The van der Waals surface area contributed by atoms with Gasteiger partial charge in [0.05, 0.1) is 10.6 Å². The Morgan fingerprint density at radius 1 is 1.06 bits per heavy atom. The van der Waals surface area contributed by atoms with Gasteiger partial charge in [0.25, 0.3) is 5.91 Å². The molecule has 0 spiro atoms. The van der Waals surface area contributed by atoms with E-state index in [1.807, 2.05) is 13.8 Å². The third-order valence-electron chi connectivity index (χ3n) is 5.52. The topological polar surface area (TPSA) is 110 Å². The van der Waals surface area contributed by atoms with Crippen LogP contribution in [0.5, 0.6) is 0 Å². The summed E-state index contributed by atoms with van der Waals surface area (Å²) in [7, 11) is -3.59. The second kappa shape index (κ2) is 8.56. The molecular formula is C21H24N6O3S. The van der Waals surface area contributed by atoms with E-state index in [9.17, 15) is 13.2 Å². The number of carbonyl (C=O) groups is 1. The van der Waals surface area contributed by atoms with E-state index in [1.165, 1.54) is 23.1 Å². The zero-order chi connectivity index (χ0) is 22.0. The number of hydrogen-bond acceptors (Lipinski definition) is 6. The zero-order valence-electron chi connectivity index (χ0n) is 17.3. The fourth-order valence-electron chi connectivity index (χ4n) is 3.98. The molecule has 1 fully saturated rings. The summed E-state index contributed by atoms with van der Waals surface area (Å²) in [5.74, 6) is -0.316. The van der Waals surface area contributed by atoms with Crippen molar-refractivity contribution >= 4 is 21.6 Å². The van der Waals surface area contributed by atoms with Crippen molar-refractivity contribution in [3.8, 4) is 5.69 Å². The minimum Gasteiger partial charge on any atom is -0.322 e. The molecule has 1 aliphatic heterocycles. The number of anilines is 1. The van der Waals surface area contributed by atoms with Crippen LogP contribution in [0.25, 0.3) is 5.69 Å². The molecule has 1 saturated heterocycles. The molecule has 1 aromatic heterocycles. The van der Waals surface area contributed by atoms with Gasteiger partial charge in [0.1, 0.15) is 6.33 Å². The van der Waals surface area contributed by atoms with Gasteiger partial charge in [0.2, 0.25) is 10.0 Å². The van der Waals surface area contributed by atoms with Crippen molar-refractivity contribution in [2.45, 2.75) is 50.1 Å². The first-order valence-corrected chi connectivity index (χ1v) is 11.6. The van der Waals surface area contributed by atoms with Crippen LogP contribution in [-0.4, -0.2) is 50.9 Å². The molecule has 2 heterocycles. The normalized spacial score (nSPS) is 19.8. The Labute approximate surface area is 181 Å². The van der Waals surface area contributed by atoms with Gasteiger partial charge in [-0.3, -0.25) is 4.79 Å². The van der Waals surface area contributed by atoms with Gasteiger partial charge in [0, 0.05) is 23.3 Å². The van der Waals surface area contributed by atoms with Crippen molar-refractivity contribution in [1.82, 2.24) is 24.5 Å². The number of benzene rings is 2. The monoisotopic (exact) mass is 440 g/mol. The van der Waals surface area contributed by atoms with Crippen LogP contribution in [0.4, 0.5) is 5.69 Å². The predicted octanol–water partition coefficient (Wildman–Crippen LogP) is 2.87. The van der Waals surface area contributed by atoms with E-state index in [0.717, 1.165) is 19.3 Å². The molecule has 0 aliphatic carbocycles. The Morgan fingerprint density at radius 2 is 1.77 bits per heavy atom. The van der Waals surface area contributed by atoms with Crippen LogP contribution in [0.1, 0.15) is 43.5 Å². The third-order valence-corrected chi connectivity index (χ3v) is 7.66. The number of carbonyl (C=O) groups excluding carboxylic acids is 1. The summed E-state index contributed by atoms with van der Waals surface area (Å²) in [6.07, 6.45) is 4.21. The molecule has 2 aromatic carbocycles. The van der Waals surface area contributed by atoms with Crippen molar-refractivity contribution in [3.05, 3.63) is 60.4 Å². The number of tetrazole rings is 1. The first kappa shape index (κ1) is 21.1. The number of piperidine rings is 1. The van der Waals surface area contributed by atoms with Gasteiger partial charge < -0.3 is 5.32 Å². The summed E-state index contributed by atoms with van der Waals surface area (Å²) in [4.78, 5) is 12.9. The summed E-state index contributed by atoms with van der Waals surface area (Å²) in [5.41, 5.74) is 1.60. The molecule has 2 unspecified atom stereocenters. The van der Waals surface area contributed by atoms with Crippen molar-refractivity contribution in [1.29, 1.82) is 0 Å². The highest BCUT2D eigenvalue weighted by Gasteiger charge is 2.35. The van der Waals surface area contributed by atoms with E-state index >= 15 is 0 Å². The zero-order valence-corrected chi connectivity index (χ0v) is 18.2. The standard InChI is InChI=1S/C21H24N6O3S/c1-15-5-3-6-16(2)27(15)31(29,30)20-11-9-18(10-12-20)23-21(28)17-7-4-8-19(13-17)26-14-22-24-25-26/h4,7-16H,3,5-6H2,1-2H3,(H,23,28). The molecule has 162 valence electrons. The number of sulfonamides is 1. The van der Waals surface area contributed by atoms with Crippen molar-refractivity contribution < 1.29 is 13.2 Å². The highest BCUT2D eigenvalue weighted by molar-refractivity contribution is 7.89. The lowest BCUT2D eigenvalue weighted by molar-refractivity contribution is 0.102. The van der Waals surface area contributed by atoms with Gasteiger partial charge in [-0.15, -0.1) is 5.10 Å². The summed E-state index contributed by atoms with van der Waals surface area (Å²) < 4.78 is 29.3. The van der Waals surface area contributed by atoms with Crippen LogP contribution in [0, 0.1) is 0 Å². The van der Waals surface area contributed by atoms with Crippen LogP contribution in [0.3, 0.4) is 0 Å². The average Bonchev–Trinajstić information content (AvgIpc) is 3.29. The van der Waals surface area contributed by atoms with Gasteiger partial charge in [-0.25, -0.2) is 13.1 Å². The van der Waals surface area contributed by atoms with Gasteiger partial charge in [0.15, 0.2) is 0 Å². The molecular weight excluding hydrogens is 416 g/mol. The molecule has 4 rings (SSSR count). The molecule has 3 aromatic rings. The average molecular weight is 441 g/mol. The minimum atomic E-state index is -3.59. The fourth-order valence-corrected chi connectivity index (χ4v) is 5.86. The number of rotatable bonds is 5. The van der Waals surface area contributed by atoms with Gasteiger partial charge in [-0.05, 0) is 79.6 Å². The molecule has 0 radical (unpaired) electrons. The molecule has 31 heavy (non-hydrogen) atoms. The van der Waals surface area contributed by atoms with E-state index in [-0.39, 0.29) is 22.9 Å². The molecule has 10 heteroatoms. The first-order chi connectivity index (χ1) is 14.9. The van der Waals surface area contributed by atoms with Crippen molar-refractivity contribution in [2.75, 3.05) is 5.32 Å². The van der Waals surface area contributed by atoms with E-state index in [2.05, 4.69) is 20.8 Å². The maximum absolute atomic E-state index is 13.1. The lowest BCUT2D eigenvalue weighted by atomic mass is 10.0. The van der Waals surface area contributed by atoms with E-state index in [1.54, 1.807) is 40.7 Å². The van der Waals surface area contributed by atoms with Crippen LogP contribution in [0.2, 0.25) is 0 Å². The summed E-state index contributed by atoms with van der Waals surface area (Å²) >= 11 is 0. The summed E-state index contributed by atoms with van der Waals surface area (Å²) in [5, 5.41) is 13.8. The quantitative estimate of drug-likeness (QED) is 0.653. The predicted molar refractivity (Wildman–Crippen MR) is 115 cm³/mol. The van der Waals surface area contributed by atoms with E-state index in [0.29, 0.717) is 16.9 Å². The van der Waals surface area contributed by atoms with Crippen molar-refractivity contribution in [3.63, 3.8) is 0 Å². The van der Waals surface area contributed by atoms with E-state index < -0.39 is 10.0 Å². The molecule has 0 bridgehead atoms. The van der Waals surface area contributed by atoms with Crippen LogP contribution in [-0.2, 0) is 10.0 Å². The number of hydrogen-bond donors (Lipinski definition) is 1. The third kappa shape index (κ3) is 4.35. The molecule has 1 aliphatic rings. The largest absolute Gasteiger partial charge is 0.322 e. The first-order valence-electron chi connectivity index (χ1n) is 10.1.